The third-order valence-corrected chi connectivity index (χ3v) is 4.39. The highest BCUT2D eigenvalue weighted by molar-refractivity contribution is 5.95. The van der Waals surface area contributed by atoms with E-state index in [-0.39, 0.29) is 11.5 Å². The molecule has 1 aliphatic heterocycles. The van der Waals surface area contributed by atoms with Crippen LogP contribution in [0, 0.1) is 6.92 Å². The average molecular weight is 322 g/mol. The Morgan fingerprint density at radius 3 is 2.67 bits per heavy atom. The molecule has 0 saturated carbocycles. The minimum atomic E-state index is 0.00599. The van der Waals surface area contributed by atoms with Crippen LogP contribution in [0.15, 0.2) is 41.3 Å². The molecule has 3 rings (SSSR count). The lowest BCUT2D eigenvalue weighted by Crippen LogP contribution is -2.20. The van der Waals surface area contributed by atoms with Gasteiger partial charge in [-0.1, -0.05) is 18.2 Å². The third kappa shape index (κ3) is 3.04. The molecule has 4 nitrogen and oxygen atoms in total. The van der Waals surface area contributed by atoms with Gasteiger partial charge < -0.3 is 9.88 Å². The van der Waals surface area contributed by atoms with Crippen LogP contribution in [0.1, 0.15) is 30.0 Å². The molecule has 0 saturated heterocycles. The molecule has 0 atom stereocenters. The Morgan fingerprint density at radius 2 is 2.00 bits per heavy atom. The number of carbonyl (C=O) groups is 1. The zero-order valence-corrected chi connectivity index (χ0v) is 14.4. The van der Waals surface area contributed by atoms with Crippen LogP contribution in [-0.2, 0) is 24.7 Å². The predicted molar refractivity (Wildman–Crippen MR) is 97.3 cm³/mol. The van der Waals surface area contributed by atoms with Crippen molar-refractivity contribution in [3.05, 3.63) is 63.6 Å². The van der Waals surface area contributed by atoms with E-state index in [0.29, 0.717) is 12.0 Å². The number of anilines is 1. The highest BCUT2D eigenvalue weighted by atomic mass is 16.1. The molecule has 0 unspecified atom stereocenters. The monoisotopic (exact) mass is 322 g/mol. The van der Waals surface area contributed by atoms with E-state index in [2.05, 4.69) is 18.0 Å². The van der Waals surface area contributed by atoms with Crippen molar-refractivity contribution in [2.24, 2.45) is 7.05 Å². The Hall–Kier alpha value is -2.62. The highest BCUT2D eigenvalue weighted by Crippen LogP contribution is 2.33. The molecule has 1 aromatic carbocycles. The van der Waals surface area contributed by atoms with Gasteiger partial charge in [0.15, 0.2) is 0 Å². The van der Waals surface area contributed by atoms with Gasteiger partial charge in [0.2, 0.25) is 5.91 Å². The van der Waals surface area contributed by atoms with Crippen molar-refractivity contribution < 1.29 is 4.79 Å². The van der Waals surface area contributed by atoms with Gasteiger partial charge in [0, 0.05) is 30.9 Å². The Kier molecular flexibility index (Phi) is 4.14. The van der Waals surface area contributed by atoms with Crippen LogP contribution in [0.25, 0.3) is 11.1 Å². The first-order valence-corrected chi connectivity index (χ1v) is 8.13. The van der Waals surface area contributed by atoms with Crippen molar-refractivity contribution in [2.75, 3.05) is 5.32 Å². The molecule has 0 aliphatic carbocycles. The molecule has 2 aromatic rings. The van der Waals surface area contributed by atoms with Crippen LogP contribution < -0.4 is 10.9 Å². The maximum Gasteiger partial charge on any atom is 0.253 e. The number of nitrogens with one attached hydrogen (secondary N) is 1. The molecule has 1 aromatic heterocycles. The number of nitrogens with zero attached hydrogens (tertiary/aromatic N) is 1. The summed E-state index contributed by atoms with van der Waals surface area (Å²) in [6.45, 7) is 7.87. The number of aryl methyl sites for hydroxylation is 3. The summed E-state index contributed by atoms with van der Waals surface area (Å²) in [7, 11) is 1.76. The quantitative estimate of drug-likeness (QED) is 0.881. The fraction of sp³-hybridized carbons (Fsp3) is 0.300. The Bertz CT molecular complexity index is 880. The molecule has 0 bridgehead atoms. The number of pyridine rings is 1. The largest absolute Gasteiger partial charge is 0.326 e. The Morgan fingerprint density at radius 1 is 1.25 bits per heavy atom. The van der Waals surface area contributed by atoms with E-state index in [9.17, 15) is 9.59 Å². The molecule has 4 heteroatoms. The first-order valence-electron chi connectivity index (χ1n) is 8.13. The van der Waals surface area contributed by atoms with Gasteiger partial charge in [-0.3, -0.25) is 9.59 Å². The van der Waals surface area contributed by atoms with Crippen molar-refractivity contribution in [1.29, 1.82) is 0 Å². The van der Waals surface area contributed by atoms with E-state index in [0.717, 1.165) is 40.8 Å². The first kappa shape index (κ1) is 16.2. The fourth-order valence-corrected chi connectivity index (χ4v) is 3.24. The molecular formula is C20H22N2O2. The summed E-state index contributed by atoms with van der Waals surface area (Å²) in [5.41, 5.74) is 7.03. The Labute approximate surface area is 141 Å². The number of hydrogen-bond acceptors (Lipinski definition) is 2. The standard InChI is InChI=1S/C20H22N2O2/c1-12(2)7-15-9-14-5-6-19(23)21-18(14)10-17(15)16-8-13(3)20(24)22(4)11-16/h8-11H,1,5-7H2,2-4H3,(H,21,23). The second-order valence-electron chi connectivity index (χ2n) is 6.68. The van der Waals surface area contributed by atoms with E-state index in [1.54, 1.807) is 11.6 Å². The maximum atomic E-state index is 12.0. The van der Waals surface area contributed by atoms with Crippen molar-refractivity contribution in [1.82, 2.24) is 4.57 Å². The molecule has 1 aliphatic rings. The summed E-state index contributed by atoms with van der Waals surface area (Å²) in [6.07, 6.45) is 3.91. The van der Waals surface area contributed by atoms with Crippen LogP contribution in [0.4, 0.5) is 5.69 Å². The first-order chi connectivity index (χ1) is 11.3. The number of hydrogen-bond donors (Lipinski definition) is 1. The van der Waals surface area contributed by atoms with Gasteiger partial charge in [0.25, 0.3) is 5.56 Å². The van der Waals surface area contributed by atoms with Crippen LogP contribution >= 0.6 is 0 Å². The minimum absolute atomic E-state index is 0.00599. The minimum Gasteiger partial charge on any atom is -0.326 e. The van der Waals surface area contributed by atoms with Crippen molar-refractivity contribution in [3.63, 3.8) is 0 Å². The van der Waals surface area contributed by atoms with Gasteiger partial charge in [-0.15, -0.1) is 0 Å². The van der Waals surface area contributed by atoms with Crippen molar-refractivity contribution in [3.8, 4) is 11.1 Å². The second-order valence-corrected chi connectivity index (χ2v) is 6.68. The Balaban J connectivity index is 2.21. The summed E-state index contributed by atoms with van der Waals surface area (Å²) in [5.74, 6) is 0.0535. The number of allylic oxidation sites excluding steroid dienone is 1. The zero-order valence-electron chi connectivity index (χ0n) is 14.4. The topological polar surface area (TPSA) is 51.1 Å². The van der Waals surface area contributed by atoms with Crippen molar-refractivity contribution in [2.45, 2.75) is 33.1 Å². The maximum absolute atomic E-state index is 12.0. The number of amides is 1. The van der Waals surface area contributed by atoms with Gasteiger partial charge in [0.1, 0.15) is 0 Å². The van der Waals surface area contributed by atoms with Gasteiger partial charge in [-0.2, -0.15) is 0 Å². The third-order valence-electron chi connectivity index (χ3n) is 4.39. The molecule has 0 radical (unpaired) electrons. The lowest BCUT2D eigenvalue weighted by atomic mass is 9.90. The fourth-order valence-electron chi connectivity index (χ4n) is 3.24. The summed E-state index contributed by atoms with van der Waals surface area (Å²) < 4.78 is 1.60. The molecule has 124 valence electrons. The molecular weight excluding hydrogens is 300 g/mol. The molecule has 0 fully saturated rings. The summed E-state index contributed by atoms with van der Waals surface area (Å²) in [6, 6.07) is 6.11. The summed E-state index contributed by atoms with van der Waals surface area (Å²) in [4.78, 5) is 23.7. The van der Waals surface area contributed by atoms with Crippen LogP contribution in [-0.4, -0.2) is 10.5 Å². The van der Waals surface area contributed by atoms with Crippen molar-refractivity contribution >= 4 is 11.6 Å². The lowest BCUT2D eigenvalue weighted by molar-refractivity contribution is -0.116. The predicted octanol–water partition coefficient (Wildman–Crippen LogP) is 3.36. The van der Waals surface area contributed by atoms with Crippen LogP contribution in [0.3, 0.4) is 0 Å². The number of fused-ring (bicyclic) bond motifs is 1. The van der Waals surface area contributed by atoms with E-state index in [4.69, 9.17) is 0 Å². The molecule has 24 heavy (non-hydrogen) atoms. The average Bonchev–Trinajstić information content (AvgIpc) is 2.51. The van der Waals surface area contributed by atoms with Gasteiger partial charge >= 0.3 is 0 Å². The molecule has 1 N–H and O–H groups in total. The van der Waals surface area contributed by atoms with Gasteiger partial charge in [-0.05, 0) is 61.1 Å². The van der Waals surface area contributed by atoms with Crippen LogP contribution in [0.2, 0.25) is 0 Å². The number of aromatic nitrogens is 1. The smallest absolute Gasteiger partial charge is 0.253 e. The molecule has 0 spiro atoms. The summed E-state index contributed by atoms with van der Waals surface area (Å²) in [5, 5.41) is 2.96. The lowest BCUT2D eigenvalue weighted by Gasteiger charge is -2.21. The van der Waals surface area contributed by atoms with Gasteiger partial charge in [0.05, 0.1) is 0 Å². The van der Waals surface area contributed by atoms with E-state index in [1.807, 2.05) is 32.2 Å². The zero-order chi connectivity index (χ0) is 17.4. The highest BCUT2D eigenvalue weighted by Gasteiger charge is 2.18. The van der Waals surface area contributed by atoms with Gasteiger partial charge in [-0.25, -0.2) is 0 Å². The number of carbonyl (C=O) groups excluding carboxylic acids is 1. The normalized spacial score (nSPS) is 13.4. The number of rotatable bonds is 3. The molecule has 2 heterocycles. The summed E-state index contributed by atoms with van der Waals surface area (Å²) >= 11 is 0. The van der Waals surface area contributed by atoms with E-state index >= 15 is 0 Å². The second kappa shape index (κ2) is 6.11. The molecule has 1 amide bonds. The SMILES string of the molecule is C=C(C)Cc1cc2c(cc1-c1cc(C)c(=O)n(C)c1)NC(=O)CC2. The van der Waals surface area contributed by atoms with E-state index < -0.39 is 0 Å². The van der Waals surface area contributed by atoms with Crippen LogP contribution in [0.5, 0.6) is 0 Å². The number of benzene rings is 1. The van der Waals surface area contributed by atoms with E-state index in [1.165, 1.54) is 5.56 Å².